The van der Waals surface area contributed by atoms with Crippen LogP contribution < -0.4 is 10.1 Å². The molecule has 1 heterocycles. The SMILES string of the molecule is COc1ccc2nc(C(=O)NCC(C)c3ccccc3)ccc2c1. The van der Waals surface area contributed by atoms with Crippen LogP contribution in [0.1, 0.15) is 28.9 Å². The molecule has 122 valence electrons. The summed E-state index contributed by atoms with van der Waals surface area (Å²) in [6.45, 7) is 2.67. The molecule has 0 bridgehead atoms. The molecular formula is C20H20N2O2. The van der Waals surface area contributed by atoms with E-state index in [9.17, 15) is 4.79 Å². The number of nitrogens with zero attached hydrogens (tertiary/aromatic N) is 1. The third-order valence-electron chi connectivity index (χ3n) is 4.07. The van der Waals surface area contributed by atoms with E-state index in [0.717, 1.165) is 16.7 Å². The second-order valence-electron chi connectivity index (χ2n) is 5.78. The maximum atomic E-state index is 12.3. The number of hydrogen-bond acceptors (Lipinski definition) is 3. The lowest BCUT2D eigenvalue weighted by Crippen LogP contribution is -2.28. The zero-order chi connectivity index (χ0) is 16.9. The van der Waals surface area contributed by atoms with Crippen molar-refractivity contribution in [3.8, 4) is 5.75 Å². The molecule has 0 saturated carbocycles. The second kappa shape index (κ2) is 7.13. The minimum absolute atomic E-state index is 0.157. The van der Waals surface area contributed by atoms with E-state index in [1.807, 2.05) is 42.5 Å². The Labute approximate surface area is 141 Å². The Balaban J connectivity index is 1.69. The summed E-state index contributed by atoms with van der Waals surface area (Å²) in [5, 5.41) is 3.91. The van der Waals surface area contributed by atoms with Crippen molar-refractivity contribution in [2.75, 3.05) is 13.7 Å². The molecule has 1 N–H and O–H groups in total. The Hall–Kier alpha value is -2.88. The van der Waals surface area contributed by atoms with Gasteiger partial charge in [0.15, 0.2) is 0 Å². The lowest BCUT2D eigenvalue weighted by atomic mass is 10.0. The van der Waals surface area contributed by atoms with Crippen molar-refractivity contribution in [2.45, 2.75) is 12.8 Å². The number of aromatic nitrogens is 1. The fourth-order valence-corrected chi connectivity index (χ4v) is 2.59. The first kappa shape index (κ1) is 16.0. The van der Waals surface area contributed by atoms with Crippen molar-refractivity contribution < 1.29 is 9.53 Å². The number of rotatable bonds is 5. The van der Waals surface area contributed by atoms with Gasteiger partial charge in [-0.2, -0.15) is 0 Å². The van der Waals surface area contributed by atoms with Gasteiger partial charge in [-0.3, -0.25) is 4.79 Å². The normalized spacial score (nSPS) is 11.9. The molecule has 4 heteroatoms. The molecule has 2 aromatic carbocycles. The van der Waals surface area contributed by atoms with E-state index in [1.54, 1.807) is 13.2 Å². The summed E-state index contributed by atoms with van der Waals surface area (Å²) in [6, 6.07) is 19.4. The van der Waals surface area contributed by atoms with E-state index >= 15 is 0 Å². The molecule has 1 amide bonds. The number of pyridine rings is 1. The number of amides is 1. The highest BCUT2D eigenvalue weighted by molar-refractivity contribution is 5.95. The Bertz CT molecular complexity index is 847. The Morgan fingerprint density at radius 1 is 1.12 bits per heavy atom. The van der Waals surface area contributed by atoms with Crippen LogP contribution in [0.5, 0.6) is 5.75 Å². The van der Waals surface area contributed by atoms with Gasteiger partial charge in [0.25, 0.3) is 5.91 Å². The molecule has 0 radical (unpaired) electrons. The third kappa shape index (κ3) is 3.54. The van der Waals surface area contributed by atoms with Crippen molar-refractivity contribution in [3.63, 3.8) is 0 Å². The first-order chi connectivity index (χ1) is 11.7. The van der Waals surface area contributed by atoms with Crippen molar-refractivity contribution in [3.05, 3.63) is 71.9 Å². The van der Waals surface area contributed by atoms with Gasteiger partial charge in [0.05, 0.1) is 12.6 Å². The van der Waals surface area contributed by atoms with Gasteiger partial charge in [-0.1, -0.05) is 43.3 Å². The zero-order valence-corrected chi connectivity index (χ0v) is 13.8. The lowest BCUT2D eigenvalue weighted by Gasteiger charge is -2.13. The zero-order valence-electron chi connectivity index (χ0n) is 13.8. The Kier molecular flexibility index (Phi) is 4.75. The number of nitrogens with one attached hydrogen (secondary N) is 1. The molecule has 1 aromatic heterocycles. The van der Waals surface area contributed by atoms with Crippen LogP contribution in [-0.4, -0.2) is 24.5 Å². The second-order valence-corrected chi connectivity index (χ2v) is 5.78. The topological polar surface area (TPSA) is 51.2 Å². The summed E-state index contributed by atoms with van der Waals surface area (Å²) in [5.41, 5.74) is 2.41. The Morgan fingerprint density at radius 3 is 2.67 bits per heavy atom. The number of carbonyl (C=O) groups is 1. The van der Waals surface area contributed by atoms with Crippen molar-refractivity contribution >= 4 is 16.8 Å². The number of hydrogen-bond donors (Lipinski definition) is 1. The van der Waals surface area contributed by atoms with Gasteiger partial charge in [0.2, 0.25) is 0 Å². The first-order valence-electron chi connectivity index (χ1n) is 7.95. The van der Waals surface area contributed by atoms with Gasteiger partial charge < -0.3 is 10.1 Å². The lowest BCUT2D eigenvalue weighted by molar-refractivity contribution is 0.0947. The average molecular weight is 320 g/mol. The predicted octanol–water partition coefficient (Wildman–Crippen LogP) is 3.78. The standard InChI is InChI=1S/C20H20N2O2/c1-14(15-6-4-3-5-7-15)13-21-20(23)19-10-8-16-12-17(24-2)9-11-18(16)22-19/h3-12,14H,13H2,1-2H3,(H,21,23). The number of benzene rings is 2. The van der Waals surface area contributed by atoms with Gasteiger partial charge in [0.1, 0.15) is 11.4 Å². The van der Waals surface area contributed by atoms with Crippen LogP contribution in [0.25, 0.3) is 10.9 Å². The summed E-state index contributed by atoms with van der Waals surface area (Å²) in [7, 11) is 1.63. The highest BCUT2D eigenvalue weighted by atomic mass is 16.5. The summed E-state index contributed by atoms with van der Waals surface area (Å²) in [6.07, 6.45) is 0. The van der Waals surface area contributed by atoms with Gasteiger partial charge in [-0.05, 0) is 35.7 Å². The number of carbonyl (C=O) groups excluding carboxylic acids is 1. The minimum atomic E-state index is -0.157. The van der Waals surface area contributed by atoms with Crippen LogP contribution in [0.3, 0.4) is 0 Å². The molecule has 1 unspecified atom stereocenters. The van der Waals surface area contributed by atoms with Crippen LogP contribution in [0.2, 0.25) is 0 Å². The van der Waals surface area contributed by atoms with Crippen molar-refractivity contribution in [2.24, 2.45) is 0 Å². The molecular weight excluding hydrogens is 300 g/mol. The highest BCUT2D eigenvalue weighted by Gasteiger charge is 2.11. The summed E-state index contributed by atoms with van der Waals surface area (Å²) in [4.78, 5) is 16.8. The van der Waals surface area contributed by atoms with Gasteiger partial charge in [0, 0.05) is 11.9 Å². The molecule has 0 spiro atoms. The average Bonchev–Trinajstić information content (AvgIpc) is 2.65. The van der Waals surface area contributed by atoms with E-state index in [0.29, 0.717) is 12.2 Å². The monoisotopic (exact) mass is 320 g/mol. The number of methoxy groups -OCH3 is 1. The minimum Gasteiger partial charge on any atom is -0.497 e. The van der Waals surface area contributed by atoms with E-state index < -0.39 is 0 Å². The van der Waals surface area contributed by atoms with E-state index in [4.69, 9.17) is 4.74 Å². The molecule has 3 rings (SSSR count). The summed E-state index contributed by atoms with van der Waals surface area (Å²) >= 11 is 0. The van der Waals surface area contributed by atoms with Crippen molar-refractivity contribution in [1.29, 1.82) is 0 Å². The summed E-state index contributed by atoms with van der Waals surface area (Å²) in [5.74, 6) is 0.869. The smallest absolute Gasteiger partial charge is 0.269 e. The largest absolute Gasteiger partial charge is 0.497 e. The molecule has 0 saturated heterocycles. The molecule has 0 aliphatic carbocycles. The van der Waals surface area contributed by atoms with E-state index in [-0.39, 0.29) is 11.8 Å². The van der Waals surface area contributed by atoms with Crippen LogP contribution in [0.15, 0.2) is 60.7 Å². The van der Waals surface area contributed by atoms with E-state index in [2.05, 4.69) is 29.4 Å². The highest BCUT2D eigenvalue weighted by Crippen LogP contribution is 2.19. The molecule has 0 fully saturated rings. The van der Waals surface area contributed by atoms with Crippen molar-refractivity contribution in [1.82, 2.24) is 10.3 Å². The fourth-order valence-electron chi connectivity index (χ4n) is 2.59. The molecule has 1 atom stereocenters. The number of ether oxygens (including phenoxy) is 1. The predicted molar refractivity (Wildman–Crippen MR) is 95.5 cm³/mol. The van der Waals surface area contributed by atoms with Crippen LogP contribution in [-0.2, 0) is 0 Å². The van der Waals surface area contributed by atoms with Crippen LogP contribution in [0, 0.1) is 0 Å². The maximum absolute atomic E-state index is 12.3. The van der Waals surface area contributed by atoms with Gasteiger partial charge >= 0.3 is 0 Å². The molecule has 3 aromatic rings. The number of fused-ring (bicyclic) bond motifs is 1. The molecule has 0 aliphatic heterocycles. The molecule has 0 aliphatic rings. The summed E-state index contributed by atoms with van der Waals surface area (Å²) < 4.78 is 5.20. The Morgan fingerprint density at radius 2 is 1.92 bits per heavy atom. The fraction of sp³-hybridized carbons (Fsp3) is 0.200. The van der Waals surface area contributed by atoms with Gasteiger partial charge in [-0.15, -0.1) is 0 Å². The molecule has 24 heavy (non-hydrogen) atoms. The van der Waals surface area contributed by atoms with Gasteiger partial charge in [-0.25, -0.2) is 4.98 Å². The van der Waals surface area contributed by atoms with E-state index in [1.165, 1.54) is 5.56 Å². The first-order valence-corrected chi connectivity index (χ1v) is 7.95. The van der Waals surface area contributed by atoms with Crippen LogP contribution >= 0.6 is 0 Å². The maximum Gasteiger partial charge on any atom is 0.269 e. The quantitative estimate of drug-likeness (QED) is 0.778. The van der Waals surface area contributed by atoms with Crippen LogP contribution in [0.4, 0.5) is 0 Å². The third-order valence-corrected chi connectivity index (χ3v) is 4.07. The molecule has 4 nitrogen and oxygen atoms in total.